The molecule has 4 rings (SSSR count). The Morgan fingerprint density at radius 3 is 2.65 bits per heavy atom. The van der Waals surface area contributed by atoms with Crippen molar-refractivity contribution in [2.45, 2.75) is 63.6 Å². The van der Waals surface area contributed by atoms with Crippen molar-refractivity contribution in [1.82, 2.24) is 5.32 Å². The topological polar surface area (TPSA) is 109 Å². The maximum Gasteiger partial charge on any atom is 0.251 e. The molecule has 0 unspecified atom stereocenters. The number of carbonyl (C=O) groups excluding carboxylic acids is 1. The number of anilines is 1. The van der Waals surface area contributed by atoms with E-state index in [1.54, 1.807) is 0 Å². The molecule has 5 N–H and O–H groups in total. The molecule has 3 aliphatic rings. The van der Waals surface area contributed by atoms with Crippen LogP contribution in [0.1, 0.15) is 60.9 Å². The van der Waals surface area contributed by atoms with Gasteiger partial charge in [0.1, 0.15) is 5.66 Å². The van der Waals surface area contributed by atoms with Crippen LogP contribution in [0.4, 0.5) is 5.69 Å². The van der Waals surface area contributed by atoms with Crippen molar-refractivity contribution in [2.75, 3.05) is 4.90 Å². The number of carbonyl (C=O) groups is 1. The van der Waals surface area contributed by atoms with E-state index in [2.05, 4.69) is 10.3 Å². The van der Waals surface area contributed by atoms with Crippen LogP contribution in [0.25, 0.3) is 0 Å². The number of nitrogens with zero attached hydrogens (tertiary/aromatic N) is 3. The molecule has 7 heteroatoms. The van der Waals surface area contributed by atoms with E-state index in [9.17, 15) is 4.79 Å². The van der Waals surface area contributed by atoms with Crippen LogP contribution in [0.3, 0.4) is 0 Å². The molecular formula is C19H26N6O. The number of hydrogen-bond acceptors (Lipinski definition) is 6. The van der Waals surface area contributed by atoms with Gasteiger partial charge < -0.3 is 16.8 Å². The summed E-state index contributed by atoms with van der Waals surface area (Å²) in [6.45, 7) is 2.02. The highest BCUT2D eigenvalue weighted by Crippen LogP contribution is 2.40. The van der Waals surface area contributed by atoms with Gasteiger partial charge in [0.15, 0.2) is 0 Å². The molecule has 2 saturated carbocycles. The van der Waals surface area contributed by atoms with Crippen molar-refractivity contribution in [3.05, 3.63) is 29.3 Å². The minimum absolute atomic E-state index is 0.0398. The summed E-state index contributed by atoms with van der Waals surface area (Å²) >= 11 is 0. The number of amides is 1. The number of nitrogens with one attached hydrogen (secondary N) is 1. The first-order chi connectivity index (χ1) is 12.5. The summed E-state index contributed by atoms with van der Waals surface area (Å²) in [5.41, 5.74) is 14.3. The Hall–Kier alpha value is -2.57. The molecule has 0 aromatic heterocycles. The Balaban J connectivity index is 1.74. The summed E-state index contributed by atoms with van der Waals surface area (Å²) in [6, 6.07) is 6.05. The molecular weight excluding hydrogens is 328 g/mol. The summed E-state index contributed by atoms with van der Waals surface area (Å²) in [4.78, 5) is 23.4. The maximum atomic E-state index is 12.5. The van der Waals surface area contributed by atoms with Gasteiger partial charge in [-0.05, 0) is 63.1 Å². The highest BCUT2D eigenvalue weighted by atomic mass is 16.1. The summed E-state index contributed by atoms with van der Waals surface area (Å²) in [6.07, 6.45) is 7.21. The van der Waals surface area contributed by atoms with Crippen LogP contribution in [-0.4, -0.2) is 29.5 Å². The van der Waals surface area contributed by atoms with Crippen molar-refractivity contribution in [2.24, 2.45) is 21.5 Å². The van der Waals surface area contributed by atoms with Gasteiger partial charge in [-0.3, -0.25) is 9.69 Å². The van der Waals surface area contributed by atoms with Crippen LogP contribution in [0.2, 0.25) is 0 Å². The number of nitrogens with two attached hydrogens (primary N) is 2. The molecule has 138 valence electrons. The van der Waals surface area contributed by atoms with Crippen LogP contribution >= 0.6 is 0 Å². The Labute approximate surface area is 153 Å². The number of benzene rings is 1. The molecule has 1 aromatic carbocycles. The zero-order valence-electron chi connectivity index (χ0n) is 15.2. The average Bonchev–Trinajstić information content (AvgIpc) is 3.40. The molecule has 7 nitrogen and oxygen atoms in total. The van der Waals surface area contributed by atoms with E-state index in [4.69, 9.17) is 16.5 Å². The molecule has 2 fully saturated rings. The fourth-order valence-electron chi connectivity index (χ4n) is 3.96. The van der Waals surface area contributed by atoms with Gasteiger partial charge in [0.25, 0.3) is 5.91 Å². The third kappa shape index (κ3) is 3.02. The zero-order chi connectivity index (χ0) is 18.3. The van der Waals surface area contributed by atoms with Crippen molar-refractivity contribution in [3.8, 4) is 0 Å². The summed E-state index contributed by atoms with van der Waals surface area (Å²) in [5.74, 6) is 0.546. The highest BCUT2D eigenvalue weighted by Gasteiger charge is 2.43. The Morgan fingerprint density at radius 1 is 1.23 bits per heavy atom. The zero-order valence-corrected chi connectivity index (χ0v) is 15.2. The summed E-state index contributed by atoms with van der Waals surface area (Å²) in [5, 5.41) is 3.04. The van der Waals surface area contributed by atoms with Crippen LogP contribution in [0.5, 0.6) is 0 Å². The second kappa shape index (κ2) is 6.30. The molecule has 1 spiro atoms. The lowest BCUT2D eigenvalue weighted by Gasteiger charge is -2.46. The maximum absolute atomic E-state index is 12.5. The van der Waals surface area contributed by atoms with E-state index >= 15 is 0 Å². The second-order valence-electron chi connectivity index (χ2n) is 7.57. The van der Waals surface area contributed by atoms with E-state index in [1.807, 2.05) is 30.0 Å². The van der Waals surface area contributed by atoms with Gasteiger partial charge in [0.2, 0.25) is 11.9 Å². The molecule has 1 amide bonds. The second-order valence-corrected chi connectivity index (χ2v) is 7.57. The van der Waals surface area contributed by atoms with Crippen LogP contribution in [0.15, 0.2) is 28.2 Å². The van der Waals surface area contributed by atoms with Gasteiger partial charge in [0, 0.05) is 17.3 Å². The number of aliphatic imine (C=N–C) groups is 2. The predicted octanol–water partition coefficient (Wildman–Crippen LogP) is 2.00. The van der Waals surface area contributed by atoms with Crippen LogP contribution in [-0.2, 0) is 0 Å². The van der Waals surface area contributed by atoms with Gasteiger partial charge in [0.05, 0.1) is 0 Å². The number of rotatable bonds is 3. The molecule has 0 bridgehead atoms. The highest BCUT2D eigenvalue weighted by molar-refractivity contribution is 6.06. The first kappa shape index (κ1) is 16.9. The molecule has 2 aliphatic carbocycles. The predicted molar refractivity (Wildman–Crippen MR) is 103 cm³/mol. The van der Waals surface area contributed by atoms with Crippen molar-refractivity contribution >= 4 is 23.5 Å². The van der Waals surface area contributed by atoms with E-state index in [-0.39, 0.29) is 11.9 Å². The molecule has 0 radical (unpaired) electrons. The lowest BCUT2D eigenvalue weighted by molar-refractivity contribution is 0.0951. The normalized spacial score (nSPS) is 22.0. The van der Waals surface area contributed by atoms with E-state index in [0.717, 1.165) is 49.8 Å². The molecule has 1 heterocycles. The lowest BCUT2D eigenvalue weighted by Crippen LogP contribution is -2.58. The van der Waals surface area contributed by atoms with Crippen molar-refractivity contribution in [3.63, 3.8) is 0 Å². The third-order valence-corrected chi connectivity index (χ3v) is 5.48. The van der Waals surface area contributed by atoms with Gasteiger partial charge >= 0.3 is 0 Å². The molecule has 1 aliphatic heterocycles. The lowest BCUT2D eigenvalue weighted by atomic mass is 9.87. The molecule has 26 heavy (non-hydrogen) atoms. The minimum atomic E-state index is -0.496. The Kier molecular flexibility index (Phi) is 4.09. The van der Waals surface area contributed by atoms with Crippen LogP contribution in [0, 0.1) is 6.92 Å². The fourth-order valence-corrected chi connectivity index (χ4v) is 3.96. The summed E-state index contributed by atoms with van der Waals surface area (Å²) in [7, 11) is 0. The fraction of sp³-hybridized carbons (Fsp3) is 0.526. The van der Waals surface area contributed by atoms with Crippen molar-refractivity contribution < 1.29 is 4.79 Å². The van der Waals surface area contributed by atoms with E-state index in [0.29, 0.717) is 17.6 Å². The largest absolute Gasteiger partial charge is 0.369 e. The Morgan fingerprint density at radius 2 is 1.96 bits per heavy atom. The third-order valence-electron chi connectivity index (χ3n) is 5.48. The smallest absolute Gasteiger partial charge is 0.251 e. The quantitative estimate of drug-likeness (QED) is 0.771. The molecule has 0 saturated heterocycles. The van der Waals surface area contributed by atoms with Gasteiger partial charge in [-0.15, -0.1) is 0 Å². The number of hydrogen-bond donors (Lipinski definition) is 3. The first-order valence-corrected chi connectivity index (χ1v) is 9.40. The number of aryl methyl sites for hydroxylation is 1. The van der Waals surface area contributed by atoms with Gasteiger partial charge in [-0.2, -0.15) is 4.99 Å². The SMILES string of the molecule is Cc1ccc(C(=O)NC2CC2)cc1N1C(N)=NC(N)=NC12CCCCC2. The monoisotopic (exact) mass is 354 g/mol. The molecule has 0 atom stereocenters. The Bertz CT molecular complexity index is 789. The number of guanidine groups is 2. The van der Waals surface area contributed by atoms with Gasteiger partial charge in [-0.1, -0.05) is 12.5 Å². The van der Waals surface area contributed by atoms with E-state index in [1.165, 1.54) is 6.42 Å². The van der Waals surface area contributed by atoms with Gasteiger partial charge in [-0.25, -0.2) is 4.99 Å². The standard InChI is InChI=1S/C19H26N6O/c1-12-5-6-13(16(26)22-14-7-8-14)11-15(12)25-18(21)23-17(20)24-19(25)9-3-2-4-10-19/h5-6,11,14H,2-4,7-10H2,1H3,(H,22,26)(H4,20,21,23,24). The van der Waals surface area contributed by atoms with Crippen LogP contribution < -0.4 is 21.7 Å². The first-order valence-electron chi connectivity index (χ1n) is 9.40. The summed E-state index contributed by atoms with van der Waals surface area (Å²) < 4.78 is 0. The minimum Gasteiger partial charge on any atom is -0.369 e. The van der Waals surface area contributed by atoms with E-state index < -0.39 is 5.66 Å². The molecule has 1 aromatic rings. The average molecular weight is 354 g/mol. The van der Waals surface area contributed by atoms with Crippen molar-refractivity contribution in [1.29, 1.82) is 0 Å².